The van der Waals surface area contributed by atoms with E-state index in [9.17, 15) is 4.79 Å². The Morgan fingerprint density at radius 2 is 1.95 bits per heavy atom. The molecule has 3 N–H and O–H groups in total. The number of nitrogens with two attached hydrogens (primary N) is 1. The normalized spacial score (nSPS) is 16.2. The van der Waals surface area contributed by atoms with Gasteiger partial charge in [0.15, 0.2) is 0 Å². The van der Waals surface area contributed by atoms with Crippen LogP contribution in [0.5, 0.6) is 0 Å². The van der Waals surface area contributed by atoms with E-state index in [2.05, 4.69) is 22.1 Å². The SMILES string of the molecule is NCC#Cc1cccc(NC(=O)C2CCCCCCC2)n1. The minimum atomic E-state index is 0.0911. The van der Waals surface area contributed by atoms with Gasteiger partial charge in [0, 0.05) is 5.92 Å². The van der Waals surface area contributed by atoms with Crippen LogP contribution in [0, 0.1) is 17.8 Å². The van der Waals surface area contributed by atoms with E-state index >= 15 is 0 Å². The molecule has 1 saturated carbocycles. The zero-order valence-electron chi connectivity index (χ0n) is 12.4. The molecule has 0 aliphatic heterocycles. The third kappa shape index (κ3) is 5.20. The predicted octanol–water partition coefficient (Wildman–Crippen LogP) is 2.69. The van der Waals surface area contributed by atoms with Crippen LogP contribution in [-0.4, -0.2) is 17.4 Å². The van der Waals surface area contributed by atoms with Crippen LogP contribution >= 0.6 is 0 Å². The van der Waals surface area contributed by atoms with Crippen LogP contribution in [0.1, 0.15) is 50.6 Å². The Hall–Kier alpha value is -1.86. The molecule has 0 atom stereocenters. The molecule has 1 aromatic rings. The van der Waals surface area contributed by atoms with Gasteiger partial charge in [-0.05, 0) is 30.9 Å². The molecule has 0 unspecified atom stereocenters. The molecule has 1 amide bonds. The molecule has 0 aromatic carbocycles. The molecule has 1 fully saturated rings. The number of nitrogens with zero attached hydrogens (tertiary/aromatic N) is 1. The Balaban J connectivity index is 1.97. The van der Waals surface area contributed by atoms with Gasteiger partial charge in [-0.3, -0.25) is 4.79 Å². The van der Waals surface area contributed by atoms with E-state index in [1.165, 1.54) is 19.3 Å². The predicted molar refractivity (Wildman–Crippen MR) is 84.6 cm³/mol. The summed E-state index contributed by atoms with van der Waals surface area (Å²) >= 11 is 0. The van der Waals surface area contributed by atoms with Crippen LogP contribution in [0.25, 0.3) is 0 Å². The van der Waals surface area contributed by atoms with E-state index in [1.807, 2.05) is 12.1 Å². The first-order chi connectivity index (χ1) is 10.3. The molecule has 0 bridgehead atoms. The summed E-state index contributed by atoms with van der Waals surface area (Å²) in [4.78, 5) is 16.7. The second-order valence-electron chi connectivity index (χ2n) is 5.45. The second-order valence-corrected chi connectivity index (χ2v) is 5.45. The third-order valence-corrected chi connectivity index (χ3v) is 3.79. The summed E-state index contributed by atoms with van der Waals surface area (Å²) in [6, 6.07) is 5.46. The first-order valence-corrected chi connectivity index (χ1v) is 7.76. The number of carbonyl (C=O) groups is 1. The van der Waals surface area contributed by atoms with Gasteiger partial charge in [-0.1, -0.05) is 44.1 Å². The van der Waals surface area contributed by atoms with Gasteiger partial charge >= 0.3 is 0 Å². The van der Waals surface area contributed by atoms with Gasteiger partial charge < -0.3 is 11.1 Å². The zero-order chi connectivity index (χ0) is 14.9. The number of aromatic nitrogens is 1. The highest BCUT2D eigenvalue weighted by Crippen LogP contribution is 2.23. The number of carbonyl (C=O) groups excluding carboxylic acids is 1. The van der Waals surface area contributed by atoms with Crippen LogP contribution in [0.2, 0.25) is 0 Å². The lowest BCUT2D eigenvalue weighted by atomic mass is 9.90. The van der Waals surface area contributed by atoms with Gasteiger partial charge in [0.1, 0.15) is 11.5 Å². The molecular formula is C17H23N3O. The number of anilines is 1. The highest BCUT2D eigenvalue weighted by molar-refractivity contribution is 5.91. The Kier molecular flexibility index (Phi) is 6.23. The first-order valence-electron chi connectivity index (χ1n) is 7.76. The molecule has 1 aliphatic carbocycles. The van der Waals surface area contributed by atoms with Crippen LogP contribution in [0.4, 0.5) is 5.82 Å². The fraction of sp³-hybridized carbons (Fsp3) is 0.529. The molecule has 1 heterocycles. The summed E-state index contributed by atoms with van der Waals surface area (Å²) in [6.07, 6.45) is 8.05. The summed E-state index contributed by atoms with van der Waals surface area (Å²) in [5.74, 6) is 6.43. The maximum atomic E-state index is 12.4. The second kappa shape index (κ2) is 8.43. The number of hydrogen-bond acceptors (Lipinski definition) is 3. The quantitative estimate of drug-likeness (QED) is 0.821. The van der Waals surface area contributed by atoms with Crippen molar-refractivity contribution in [2.45, 2.75) is 44.9 Å². The Morgan fingerprint density at radius 3 is 2.67 bits per heavy atom. The average Bonchev–Trinajstić information content (AvgIpc) is 2.45. The minimum Gasteiger partial charge on any atom is -0.320 e. The Bertz CT molecular complexity index is 522. The number of rotatable bonds is 2. The van der Waals surface area contributed by atoms with Crippen molar-refractivity contribution < 1.29 is 4.79 Å². The van der Waals surface area contributed by atoms with Gasteiger partial charge in [-0.2, -0.15) is 0 Å². The molecule has 21 heavy (non-hydrogen) atoms. The van der Waals surface area contributed by atoms with Crippen LogP contribution < -0.4 is 11.1 Å². The fourth-order valence-electron chi connectivity index (χ4n) is 2.66. The number of nitrogens with one attached hydrogen (secondary N) is 1. The lowest BCUT2D eigenvalue weighted by Crippen LogP contribution is -2.24. The van der Waals surface area contributed by atoms with Crippen LogP contribution in [0.15, 0.2) is 18.2 Å². The van der Waals surface area contributed by atoms with Gasteiger partial charge in [-0.15, -0.1) is 0 Å². The van der Waals surface area contributed by atoms with Crippen molar-refractivity contribution in [2.24, 2.45) is 11.7 Å². The van der Waals surface area contributed by atoms with Gasteiger partial charge in [0.05, 0.1) is 6.54 Å². The van der Waals surface area contributed by atoms with Gasteiger partial charge in [-0.25, -0.2) is 4.98 Å². The first kappa shape index (κ1) is 15.5. The molecule has 0 spiro atoms. The van der Waals surface area contributed by atoms with Crippen molar-refractivity contribution in [3.05, 3.63) is 23.9 Å². The highest BCUT2D eigenvalue weighted by Gasteiger charge is 2.19. The maximum Gasteiger partial charge on any atom is 0.228 e. The van der Waals surface area contributed by atoms with Crippen molar-refractivity contribution in [3.8, 4) is 11.8 Å². The molecule has 4 heteroatoms. The molecular weight excluding hydrogens is 262 g/mol. The molecule has 112 valence electrons. The van der Waals surface area contributed by atoms with Crippen molar-refractivity contribution in [1.29, 1.82) is 0 Å². The van der Waals surface area contributed by atoms with E-state index in [4.69, 9.17) is 5.73 Å². The van der Waals surface area contributed by atoms with E-state index in [-0.39, 0.29) is 11.8 Å². The molecule has 2 rings (SSSR count). The largest absolute Gasteiger partial charge is 0.320 e. The zero-order valence-corrected chi connectivity index (χ0v) is 12.4. The van der Waals surface area contributed by atoms with Crippen molar-refractivity contribution in [3.63, 3.8) is 0 Å². The van der Waals surface area contributed by atoms with Crippen LogP contribution in [0.3, 0.4) is 0 Å². The molecule has 1 aromatic heterocycles. The summed E-state index contributed by atoms with van der Waals surface area (Å²) in [6.45, 7) is 0.306. The van der Waals surface area contributed by atoms with E-state index in [0.717, 1.165) is 25.7 Å². The number of hydrogen-bond donors (Lipinski definition) is 2. The van der Waals surface area contributed by atoms with Gasteiger partial charge in [0.2, 0.25) is 5.91 Å². The number of pyridine rings is 1. The standard InChI is InChI=1S/C17H23N3O/c18-13-7-11-15-10-6-12-16(19-15)20-17(21)14-8-4-2-1-3-5-9-14/h6,10,12,14H,1-5,8-9,13,18H2,(H,19,20,21). The minimum absolute atomic E-state index is 0.0911. The van der Waals surface area contributed by atoms with Crippen molar-refractivity contribution >= 4 is 11.7 Å². The topological polar surface area (TPSA) is 68.0 Å². The summed E-state index contributed by atoms with van der Waals surface area (Å²) < 4.78 is 0. The molecule has 0 radical (unpaired) electrons. The lowest BCUT2D eigenvalue weighted by Gasteiger charge is -2.18. The monoisotopic (exact) mass is 285 g/mol. The smallest absolute Gasteiger partial charge is 0.228 e. The highest BCUT2D eigenvalue weighted by atomic mass is 16.1. The average molecular weight is 285 g/mol. The maximum absolute atomic E-state index is 12.4. The Labute approximate surface area is 126 Å². The number of amides is 1. The molecule has 1 aliphatic rings. The van der Waals surface area contributed by atoms with E-state index < -0.39 is 0 Å². The summed E-state index contributed by atoms with van der Waals surface area (Å²) in [5, 5.41) is 2.93. The lowest BCUT2D eigenvalue weighted by molar-refractivity contribution is -0.120. The molecule has 4 nitrogen and oxygen atoms in total. The third-order valence-electron chi connectivity index (χ3n) is 3.79. The summed E-state index contributed by atoms with van der Waals surface area (Å²) in [7, 11) is 0. The fourth-order valence-corrected chi connectivity index (χ4v) is 2.66. The van der Waals surface area contributed by atoms with E-state index in [1.54, 1.807) is 6.07 Å². The van der Waals surface area contributed by atoms with Crippen molar-refractivity contribution in [1.82, 2.24) is 4.98 Å². The van der Waals surface area contributed by atoms with Crippen molar-refractivity contribution in [2.75, 3.05) is 11.9 Å². The summed E-state index contributed by atoms with van der Waals surface area (Å²) in [5.41, 5.74) is 5.98. The van der Waals surface area contributed by atoms with Crippen LogP contribution in [-0.2, 0) is 4.79 Å². The molecule has 0 saturated heterocycles. The van der Waals surface area contributed by atoms with E-state index in [0.29, 0.717) is 18.1 Å². The Morgan fingerprint density at radius 1 is 1.24 bits per heavy atom. The van der Waals surface area contributed by atoms with Gasteiger partial charge in [0.25, 0.3) is 0 Å².